The van der Waals surface area contributed by atoms with Crippen LogP contribution in [-0.2, 0) is 19.9 Å². The fourth-order valence-electron chi connectivity index (χ4n) is 2.77. The molecule has 21 heavy (non-hydrogen) atoms. The molecule has 0 bridgehead atoms. The zero-order chi connectivity index (χ0) is 15.5. The highest BCUT2D eigenvalue weighted by molar-refractivity contribution is 6.00. The van der Waals surface area contributed by atoms with E-state index in [9.17, 15) is 9.59 Å². The number of piperazine rings is 1. The first-order valence-corrected chi connectivity index (χ1v) is 7.22. The SMILES string of the molecule is CCC1C(=O)NC(C)(c2ccccc2)C(=O)N1CCOC. The maximum absolute atomic E-state index is 12.9. The summed E-state index contributed by atoms with van der Waals surface area (Å²) >= 11 is 0. The molecule has 0 spiro atoms. The summed E-state index contributed by atoms with van der Waals surface area (Å²) < 4.78 is 5.07. The van der Waals surface area contributed by atoms with Crippen LogP contribution in [0.2, 0.25) is 0 Å². The van der Waals surface area contributed by atoms with Crippen LogP contribution < -0.4 is 5.32 Å². The summed E-state index contributed by atoms with van der Waals surface area (Å²) in [6.07, 6.45) is 0.589. The lowest BCUT2D eigenvalue weighted by atomic mass is 9.86. The lowest BCUT2D eigenvalue weighted by Gasteiger charge is -2.44. The van der Waals surface area contributed by atoms with Crippen LogP contribution in [0.4, 0.5) is 0 Å². The fourth-order valence-corrected chi connectivity index (χ4v) is 2.77. The minimum Gasteiger partial charge on any atom is -0.383 e. The number of ether oxygens (including phenoxy) is 1. The number of hydrogen-bond donors (Lipinski definition) is 1. The fraction of sp³-hybridized carbons (Fsp3) is 0.500. The molecule has 0 radical (unpaired) electrons. The molecule has 1 N–H and O–H groups in total. The first-order valence-electron chi connectivity index (χ1n) is 7.22. The molecule has 114 valence electrons. The van der Waals surface area contributed by atoms with Crippen molar-refractivity contribution in [3.63, 3.8) is 0 Å². The molecule has 1 aliphatic rings. The Bertz CT molecular complexity index is 518. The quantitative estimate of drug-likeness (QED) is 0.889. The molecule has 0 aromatic heterocycles. The van der Waals surface area contributed by atoms with Gasteiger partial charge in [-0.2, -0.15) is 0 Å². The normalized spacial score (nSPS) is 25.9. The first-order chi connectivity index (χ1) is 10.0. The molecule has 1 aliphatic heterocycles. The van der Waals surface area contributed by atoms with Crippen molar-refractivity contribution in [1.82, 2.24) is 10.2 Å². The molecule has 2 amide bonds. The molecule has 1 fully saturated rings. The molecule has 1 aromatic carbocycles. The highest BCUT2D eigenvalue weighted by Gasteiger charge is 2.48. The highest BCUT2D eigenvalue weighted by Crippen LogP contribution is 2.29. The van der Waals surface area contributed by atoms with Gasteiger partial charge in [0.1, 0.15) is 11.6 Å². The molecule has 0 aliphatic carbocycles. The molecule has 5 nitrogen and oxygen atoms in total. The Morgan fingerprint density at radius 3 is 2.52 bits per heavy atom. The van der Waals surface area contributed by atoms with Crippen LogP contribution in [0.1, 0.15) is 25.8 Å². The Kier molecular flexibility index (Phi) is 4.63. The predicted octanol–water partition coefficient (Wildman–Crippen LogP) is 1.29. The van der Waals surface area contributed by atoms with Crippen LogP contribution in [0, 0.1) is 0 Å². The zero-order valence-electron chi connectivity index (χ0n) is 12.8. The minimum atomic E-state index is -1.02. The van der Waals surface area contributed by atoms with Crippen molar-refractivity contribution in [2.75, 3.05) is 20.3 Å². The van der Waals surface area contributed by atoms with Gasteiger partial charge in [0, 0.05) is 13.7 Å². The summed E-state index contributed by atoms with van der Waals surface area (Å²) in [6, 6.07) is 8.92. The van der Waals surface area contributed by atoms with E-state index in [-0.39, 0.29) is 11.8 Å². The summed E-state index contributed by atoms with van der Waals surface area (Å²) in [6.45, 7) is 4.50. The monoisotopic (exact) mass is 290 g/mol. The van der Waals surface area contributed by atoms with Crippen molar-refractivity contribution < 1.29 is 14.3 Å². The van der Waals surface area contributed by atoms with Crippen LogP contribution >= 0.6 is 0 Å². The van der Waals surface area contributed by atoms with Crippen molar-refractivity contribution in [3.05, 3.63) is 35.9 Å². The zero-order valence-corrected chi connectivity index (χ0v) is 12.8. The topological polar surface area (TPSA) is 58.6 Å². The number of carbonyl (C=O) groups excluding carboxylic acids is 2. The third kappa shape index (κ3) is 2.78. The maximum atomic E-state index is 12.9. The average molecular weight is 290 g/mol. The predicted molar refractivity (Wildman–Crippen MR) is 79.6 cm³/mol. The third-order valence-electron chi connectivity index (χ3n) is 4.01. The number of amides is 2. The summed E-state index contributed by atoms with van der Waals surface area (Å²) in [4.78, 5) is 26.9. The summed E-state index contributed by atoms with van der Waals surface area (Å²) in [5.41, 5.74) is -0.224. The van der Waals surface area contributed by atoms with E-state index in [2.05, 4.69) is 5.32 Å². The van der Waals surface area contributed by atoms with Gasteiger partial charge in [-0.1, -0.05) is 37.3 Å². The Morgan fingerprint density at radius 2 is 1.95 bits per heavy atom. The Labute approximate surface area is 125 Å². The summed E-state index contributed by atoms with van der Waals surface area (Å²) in [7, 11) is 1.59. The van der Waals surface area contributed by atoms with Crippen molar-refractivity contribution in [2.45, 2.75) is 31.8 Å². The molecular weight excluding hydrogens is 268 g/mol. The molecule has 1 aromatic rings. The van der Waals surface area contributed by atoms with E-state index < -0.39 is 11.6 Å². The van der Waals surface area contributed by atoms with E-state index in [1.807, 2.05) is 37.3 Å². The Hall–Kier alpha value is -1.88. The molecule has 0 saturated carbocycles. The number of nitrogens with one attached hydrogen (secondary N) is 1. The average Bonchev–Trinajstić information content (AvgIpc) is 2.50. The first kappa shape index (κ1) is 15.5. The lowest BCUT2D eigenvalue weighted by Crippen LogP contribution is -2.67. The number of methoxy groups -OCH3 is 1. The van der Waals surface area contributed by atoms with E-state index in [0.717, 1.165) is 5.56 Å². The number of nitrogens with zero attached hydrogens (tertiary/aromatic N) is 1. The molecule has 1 heterocycles. The van der Waals surface area contributed by atoms with Gasteiger partial charge >= 0.3 is 0 Å². The minimum absolute atomic E-state index is 0.0859. The molecule has 2 unspecified atom stereocenters. The van der Waals surface area contributed by atoms with Gasteiger partial charge in [0.15, 0.2) is 0 Å². The van der Waals surface area contributed by atoms with Gasteiger partial charge in [0.05, 0.1) is 6.61 Å². The maximum Gasteiger partial charge on any atom is 0.253 e. The van der Waals surface area contributed by atoms with Crippen LogP contribution in [0.15, 0.2) is 30.3 Å². The Morgan fingerprint density at radius 1 is 1.29 bits per heavy atom. The second kappa shape index (κ2) is 6.26. The lowest BCUT2D eigenvalue weighted by molar-refractivity contribution is -0.155. The van der Waals surface area contributed by atoms with Gasteiger partial charge in [-0.05, 0) is 18.9 Å². The molecule has 2 rings (SSSR count). The third-order valence-corrected chi connectivity index (χ3v) is 4.01. The van der Waals surface area contributed by atoms with E-state index in [0.29, 0.717) is 19.6 Å². The van der Waals surface area contributed by atoms with E-state index in [4.69, 9.17) is 4.74 Å². The van der Waals surface area contributed by atoms with Gasteiger partial charge in [0.2, 0.25) is 5.91 Å². The second-order valence-corrected chi connectivity index (χ2v) is 5.40. The van der Waals surface area contributed by atoms with Gasteiger partial charge in [-0.3, -0.25) is 9.59 Å². The van der Waals surface area contributed by atoms with Gasteiger partial charge in [-0.15, -0.1) is 0 Å². The number of hydrogen-bond acceptors (Lipinski definition) is 3. The van der Waals surface area contributed by atoms with Crippen LogP contribution in [-0.4, -0.2) is 43.0 Å². The van der Waals surface area contributed by atoms with Crippen molar-refractivity contribution in [2.24, 2.45) is 0 Å². The van der Waals surface area contributed by atoms with Crippen molar-refractivity contribution in [3.8, 4) is 0 Å². The second-order valence-electron chi connectivity index (χ2n) is 5.40. The van der Waals surface area contributed by atoms with Gasteiger partial charge in [0.25, 0.3) is 5.91 Å². The molecule has 2 atom stereocenters. The van der Waals surface area contributed by atoms with Crippen molar-refractivity contribution in [1.29, 1.82) is 0 Å². The Balaban J connectivity index is 2.36. The summed E-state index contributed by atoms with van der Waals surface area (Å²) in [5, 5.41) is 2.90. The van der Waals surface area contributed by atoms with Crippen LogP contribution in [0.25, 0.3) is 0 Å². The standard InChI is InChI=1S/C16H22N2O3/c1-4-13-14(19)17-16(2,12-8-6-5-7-9-12)15(20)18(13)10-11-21-3/h5-9,13H,4,10-11H2,1-3H3,(H,17,19). The van der Waals surface area contributed by atoms with Crippen LogP contribution in [0.5, 0.6) is 0 Å². The van der Waals surface area contributed by atoms with Gasteiger partial charge in [-0.25, -0.2) is 0 Å². The molecule has 1 saturated heterocycles. The molecule has 5 heteroatoms. The highest BCUT2D eigenvalue weighted by atomic mass is 16.5. The van der Waals surface area contributed by atoms with E-state index in [1.165, 1.54) is 0 Å². The van der Waals surface area contributed by atoms with E-state index >= 15 is 0 Å². The number of carbonyl (C=O) groups is 2. The number of rotatable bonds is 5. The van der Waals surface area contributed by atoms with Crippen LogP contribution in [0.3, 0.4) is 0 Å². The van der Waals surface area contributed by atoms with Crippen molar-refractivity contribution >= 4 is 11.8 Å². The van der Waals surface area contributed by atoms with E-state index in [1.54, 1.807) is 18.9 Å². The van der Waals surface area contributed by atoms with Gasteiger partial charge < -0.3 is 15.0 Å². The largest absolute Gasteiger partial charge is 0.383 e. The summed E-state index contributed by atoms with van der Waals surface area (Å²) in [5.74, 6) is -0.197. The molecular formula is C16H22N2O3. The smallest absolute Gasteiger partial charge is 0.253 e. The number of benzene rings is 1.